The largest absolute Gasteiger partial charge is 0.494 e. The van der Waals surface area contributed by atoms with Crippen LogP contribution >= 0.6 is 23.2 Å². The van der Waals surface area contributed by atoms with Gasteiger partial charge in [0.25, 0.3) is 0 Å². The molecule has 1 fully saturated rings. The first kappa shape index (κ1) is 16.8. The molecule has 25 heavy (non-hydrogen) atoms. The Hall–Kier alpha value is -1.65. The van der Waals surface area contributed by atoms with Crippen LogP contribution in [0.15, 0.2) is 12.1 Å². The highest BCUT2D eigenvalue weighted by Gasteiger charge is 2.49. The van der Waals surface area contributed by atoms with E-state index >= 15 is 0 Å². The van der Waals surface area contributed by atoms with Gasteiger partial charge in [0.2, 0.25) is 0 Å². The van der Waals surface area contributed by atoms with Gasteiger partial charge in [0, 0.05) is 28.2 Å². The maximum Gasteiger partial charge on any atom is 0.199 e. The van der Waals surface area contributed by atoms with E-state index in [2.05, 4.69) is 4.98 Å². The Balaban J connectivity index is 1.85. The summed E-state index contributed by atoms with van der Waals surface area (Å²) in [6.45, 7) is 2.04. The second-order valence-electron chi connectivity index (χ2n) is 7.41. The van der Waals surface area contributed by atoms with E-state index < -0.39 is 5.41 Å². The van der Waals surface area contributed by atoms with E-state index in [1.807, 2.05) is 13.0 Å². The highest BCUT2D eigenvalue weighted by molar-refractivity contribution is 6.46. The van der Waals surface area contributed by atoms with E-state index in [1.54, 1.807) is 0 Å². The van der Waals surface area contributed by atoms with Crippen molar-refractivity contribution < 1.29 is 15.0 Å². The third kappa shape index (κ3) is 2.38. The molecule has 4 rings (SSSR count). The monoisotopic (exact) mass is 379 g/mol. The number of halogens is 2. The third-order valence-electron chi connectivity index (χ3n) is 5.92. The summed E-state index contributed by atoms with van der Waals surface area (Å²) >= 11 is 12.9. The van der Waals surface area contributed by atoms with Crippen molar-refractivity contribution in [3.05, 3.63) is 33.3 Å². The molecule has 2 aromatic rings. The van der Waals surface area contributed by atoms with E-state index in [0.717, 1.165) is 18.4 Å². The normalized spacial score (nSPS) is 23.4. The van der Waals surface area contributed by atoms with Crippen LogP contribution in [0.1, 0.15) is 48.5 Å². The summed E-state index contributed by atoms with van der Waals surface area (Å²) in [6.07, 6.45) is 5.11. The molecule has 2 aliphatic carbocycles. The van der Waals surface area contributed by atoms with Gasteiger partial charge in [-0.05, 0) is 36.8 Å². The molecule has 1 unspecified atom stereocenters. The number of carbonyl (C=O) groups is 1. The number of rotatable bonds is 2. The molecule has 0 amide bonds. The predicted molar refractivity (Wildman–Crippen MR) is 97.7 cm³/mol. The molecule has 1 atom stereocenters. The predicted octanol–water partition coefficient (Wildman–Crippen LogP) is 5.34. The molecule has 1 aromatic carbocycles. The Morgan fingerprint density at radius 1 is 1.12 bits per heavy atom. The summed E-state index contributed by atoms with van der Waals surface area (Å²) in [7, 11) is 0. The second-order valence-corrected chi connectivity index (χ2v) is 8.16. The lowest BCUT2D eigenvalue weighted by Crippen LogP contribution is -2.32. The van der Waals surface area contributed by atoms with Gasteiger partial charge in [0.15, 0.2) is 17.5 Å². The number of Topliss-reactive ketones (excluding diaryl/α,β-unsaturated/α-hetero) is 1. The Kier molecular flexibility index (Phi) is 3.82. The van der Waals surface area contributed by atoms with Crippen LogP contribution in [0, 0.1) is 11.3 Å². The zero-order valence-corrected chi connectivity index (χ0v) is 15.3. The molecule has 1 heterocycles. The molecule has 1 saturated carbocycles. The molecule has 0 spiro atoms. The standard InChI is InChI=1S/C19H19Cl2NO3/c1-19(10-4-2-3-5-10)8-9-6-11(12-7-13(23)22-18(12)25)15(20)16(21)14(9)17(19)24/h6-7,10,22-23,25H,2-5,8H2,1H3. The minimum atomic E-state index is -0.438. The molecule has 1 aromatic heterocycles. The van der Waals surface area contributed by atoms with Crippen molar-refractivity contribution in [2.75, 3.05) is 0 Å². The summed E-state index contributed by atoms with van der Waals surface area (Å²) in [5.41, 5.74) is 1.83. The van der Waals surface area contributed by atoms with Crippen LogP contribution < -0.4 is 0 Å². The summed E-state index contributed by atoms with van der Waals surface area (Å²) in [4.78, 5) is 15.6. The lowest BCUT2D eigenvalue weighted by atomic mass is 9.73. The maximum absolute atomic E-state index is 13.2. The minimum absolute atomic E-state index is 0.0778. The molecule has 4 nitrogen and oxygen atoms in total. The third-order valence-corrected chi connectivity index (χ3v) is 6.79. The zero-order chi connectivity index (χ0) is 17.9. The number of fused-ring (bicyclic) bond motifs is 1. The van der Waals surface area contributed by atoms with Crippen molar-refractivity contribution in [2.45, 2.75) is 39.0 Å². The first-order valence-electron chi connectivity index (χ1n) is 8.50. The molecule has 0 radical (unpaired) electrons. The smallest absolute Gasteiger partial charge is 0.199 e. The minimum Gasteiger partial charge on any atom is -0.494 e. The number of benzene rings is 1. The van der Waals surface area contributed by atoms with E-state index in [-0.39, 0.29) is 27.6 Å². The number of nitrogens with one attached hydrogen (secondary N) is 1. The van der Waals surface area contributed by atoms with Crippen molar-refractivity contribution >= 4 is 29.0 Å². The Morgan fingerprint density at radius 3 is 2.40 bits per heavy atom. The fourth-order valence-electron chi connectivity index (χ4n) is 4.55. The van der Waals surface area contributed by atoms with Gasteiger partial charge in [-0.25, -0.2) is 0 Å². The number of H-pyrrole nitrogens is 1. The van der Waals surface area contributed by atoms with E-state index in [0.29, 0.717) is 29.0 Å². The van der Waals surface area contributed by atoms with Crippen molar-refractivity contribution in [2.24, 2.45) is 11.3 Å². The molecule has 3 N–H and O–H groups in total. The van der Waals surface area contributed by atoms with Crippen LogP contribution in [-0.4, -0.2) is 21.0 Å². The molecule has 0 aliphatic heterocycles. The van der Waals surface area contributed by atoms with Crippen molar-refractivity contribution in [3.8, 4) is 22.9 Å². The van der Waals surface area contributed by atoms with Gasteiger partial charge in [-0.15, -0.1) is 0 Å². The molecule has 0 saturated heterocycles. The van der Waals surface area contributed by atoms with Gasteiger partial charge >= 0.3 is 0 Å². The van der Waals surface area contributed by atoms with Crippen LogP contribution in [0.5, 0.6) is 11.8 Å². The summed E-state index contributed by atoms with van der Waals surface area (Å²) in [5.74, 6) is 0.106. The number of aromatic hydroxyl groups is 2. The van der Waals surface area contributed by atoms with Crippen LogP contribution in [-0.2, 0) is 6.42 Å². The number of hydrogen-bond donors (Lipinski definition) is 3. The number of hydrogen-bond acceptors (Lipinski definition) is 3. The van der Waals surface area contributed by atoms with Crippen LogP contribution in [0.3, 0.4) is 0 Å². The first-order valence-corrected chi connectivity index (χ1v) is 9.25. The van der Waals surface area contributed by atoms with Crippen LogP contribution in [0.25, 0.3) is 11.1 Å². The average Bonchev–Trinajstić information content (AvgIpc) is 3.25. The lowest BCUT2D eigenvalue weighted by Gasteiger charge is -2.29. The van der Waals surface area contributed by atoms with Gasteiger partial charge in [0.1, 0.15) is 0 Å². The van der Waals surface area contributed by atoms with Gasteiger partial charge in [-0.1, -0.05) is 43.0 Å². The maximum atomic E-state index is 13.2. The fourth-order valence-corrected chi connectivity index (χ4v) is 5.11. The van der Waals surface area contributed by atoms with E-state index in [4.69, 9.17) is 23.2 Å². The molecule has 132 valence electrons. The van der Waals surface area contributed by atoms with Gasteiger partial charge in [-0.3, -0.25) is 9.78 Å². The Morgan fingerprint density at radius 2 is 1.80 bits per heavy atom. The van der Waals surface area contributed by atoms with Crippen molar-refractivity contribution in [3.63, 3.8) is 0 Å². The highest BCUT2D eigenvalue weighted by Crippen LogP contribution is 2.53. The van der Waals surface area contributed by atoms with Gasteiger partial charge in [-0.2, -0.15) is 0 Å². The lowest BCUT2D eigenvalue weighted by molar-refractivity contribution is 0.0744. The van der Waals surface area contributed by atoms with Crippen LogP contribution in [0.4, 0.5) is 0 Å². The fraction of sp³-hybridized carbons (Fsp3) is 0.421. The first-order chi connectivity index (χ1) is 11.8. The summed E-state index contributed by atoms with van der Waals surface area (Å²) in [6, 6.07) is 3.22. The Bertz CT molecular complexity index is 883. The van der Waals surface area contributed by atoms with Crippen LogP contribution in [0.2, 0.25) is 10.0 Å². The number of aromatic amines is 1. The topological polar surface area (TPSA) is 73.3 Å². The molecule has 6 heteroatoms. The second kappa shape index (κ2) is 5.68. The van der Waals surface area contributed by atoms with Gasteiger partial charge in [0.05, 0.1) is 10.0 Å². The number of carbonyl (C=O) groups excluding carboxylic acids is 1. The van der Waals surface area contributed by atoms with E-state index in [9.17, 15) is 15.0 Å². The summed E-state index contributed by atoms with van der Waals surface area (Å²) in [5, 5.41) is 20.0. The van der Waals surface area contributed by atoms with Gasteiger partial charge < -0.3 is 10.2 Å². The average molecular weight is 380 g/mol. The molecular formula is C19H19Cl2NO3. The summed E-state index contributed by atoms with van der Waals surface area (Å²) < 4.78 is 0. The van der Waals surface area contributed by atoms with Crippen molar-refractivity contribution in [1.29, 1.82) is 0 Å². The molecule has 0 bridgehead atoms. The molecule has 2 aliphatic rings. The Labute approximate surface area is 155 Å². The number of ketones is 1. The quantitative estimate of drug-likeness (QED) is 0.659. The SMILES string of the molecule is CC1(C2CCCC2)Cc2cc(-c3cc(O)[nH]c3O)c(Cl)c(Cl)c2C1=O. The number of aromatic nitrogens is 1. The zero-order valence-electron chi connectivity index (χ0n) is 13.8. The molecular weight excluding hydrogens is 361 g/mol. The van der Waals surface area contributed by atoms with E-state index in [1.165, 1.54) is 18.9 Å². The highest BCUT2D eigenvalue weighted by atomic mass is 35.5. The van der Waals surface area contributed by atoms with Crippen molar-refractivity contribution in [1.82, 2.24) is 4.98 Å².